The third kappa shape index (κ3) is 3.29. The zero-order valence-electron chi connectivity index (χ0n) is 14.2. The van der Waals surface area contributed by atoms with Crippen molar-refractivity contribution in [2.75, 3.05) is 13.1 Å². The van der Waals surface area contributed by atoms with Gasteiger partial charge in [0.25, 0.3) is 0 Å². The van der Waals surface area contributed by atoms with Gasteiger partial charge in [0.1, 0.15) is 5.82 Å². The largest absolute Gasteiger partial charge is 0.338 e. The summed E-state index contributed by atoms with van der Waals surface area (Å²) in [7, 11) is 0. The molecule has 0 spiro atoms. The molecule has 0 bridgehead atoms. The molecule has 2 aliphatic heterocycles. The summed E-state index contributed by atoms with van der Waals surface area (Å²) in [6.45, 7) is 4.40. The summed E-state index contributed by atoms with van der Waals surface area (Å²) in [6, 6.07) is 7.17. The fourth-order valence-electron chi connectivity index (χ4n) is 4.20. The van der Waals surface area contributed by atoms with Crippen LogP contribution in [0.25, 0.3) is 0 Å². The van der Waals surface area contributed by atoms with Crippen molar-refractivity contribution in [1.82, 2.24) is 9.80 Å². The number of amides is 1. The van der Waals surface area contributed by atoms with Gasteiger partial charge >= 0.3 is 0 Å². The second-order valence-corrected chi connectivity index (χ2v) is 6.74. The van der Waals surface area contributed by atoms with E-state index in [4.69, 9.17) is 0 Å². The van der Waals surface area contributed by atoms with Gasteiger partial charge in [0, 0.05) is 31.6 Å². The van der Waals surface area contributed by atoms with E-state index in [2.05, 4.69) is 15.9 Å². The molecule has 5 heteroatoms. The zero-order valence-corrected chi connectivity index (χ0v) is 14.2. The monoisotopic (exact) mass is 329 g/mol. The molecule has 2 aliphatic rings. The van der Waals surface area contributed by atoms with Crippen molar-refractivity contribution in [3.05, 3.63) is 35.1 Å². The molecule has 4 nitrogen and oxygen atoms in total. The number of carbonyl (C=O) groups is 1. The first-order chi connectivity index (χ1) is 11.6. The highest BCUT2D eigenvalue weighted by Gasteiger charge is 2.39. The van der Waals surface area contributed by atoms with Gasteiger partial charge < -0.3 is 4.90 Å². The second-order valence-electron chi connectivity index (χ2n) is 6.74. The van der Waals surface area contributed by atoms with Gasteiger partial charge in [-0.15, -0.1) is 0 Å². The maximum absolute atomic E-state index is 13.3. The van der Waals surface area contributed by atoms with Crippen LogP contribution in [0.3, 0.4) is 0 Å². The molecule has 0 unspecified atom stereocenters. The highest BCUT2D eigenvalue weighted by Crippen LogP contribution is 2.31. The molecule has 128 valence electrons. The van der Waals surface area contributed by atoms with Crippen LogP contribution < -0.4 is 0 Å². The Morgan fingerprint density at radius 2 is 2.04 bits per heavy atom. The maximum Gasteiger partial charge on any atom is 0.222 e. The molecule has 3 rings (SSSR count). The smallest absolute Gasteiger partial charge is 0.222 e. The number of nitrogens with zero attached hydrogens (tertiary/aromatic N) is 3. The van der Waals surface area contributed by atoms with Gasteiger partial charge in [-0.05, 0) is 49.9 Å². The van der Waals surface area contributed by atoms with Crippen molar-refractivity contribution in [3.8, 4) is 6.07 Å². The van der Waals surface area contributed by atoms with Crippen LogP contribution in [0.4, 0.5) is 4.39 Å². The number of carbonyl (C=O) groups excluding carboxylic acids is 1. The van der Waals surface area contributed by atoms with Crippen LogP contribution in [0, 0.1) is 17.1 Å². The minimum atomic E-state index is -0.371. The summed E-state index contributed by atoms with van der Waals surface area (Å²) in [5.41, 5.74) is 1.28. The average Bonchev–Trinajstić information content (AvgIpc) is 3.24. The number of likely N-dealkylation sites (tertiary alicyclic amines) is 2. The lowest BCUT2D eigenvalue weighted by molar-refractivity contribution is -0.132. The summed E-state index contributed by atoms with van der Waals surface area (Å²) in [5, 5.41) is 9.25. The van der Waals surface area contributed by atoms with Crippen molar-refractivity contribution in [1.29, 1.82) is 5.26 Å². The van der Waals surface area contributed by atoms with Gasteiger partial charge in [-0.25, -0.2) is 4.39 Å². The standard InChI is InChI=1S/C19H24FN3O/c1-2-19(24)23-10-4-6-18(23)17-5-3-9-22(17)13-14-7-8-16(20)11-15(14)12-21/h7-8,11,17-18H,2-6,9-10,13H2,1H3/t17-,18+/m1/s1. The predicted octanol–water partition coefficient (Wildman–Crippen LogP) is 3.06. The molecular weight excluding hydrogens is 305 g/mol. The fraction of sp³-hybridized carbons (Fsp3) is 0.579. The van der Waals surface area contributed by atoms with Crippen molar-refractivity contribution in [3.63, 3.8) is 0 Å². The molecule has 0 saturated carbocycles. The summed E-state index contributed by atoms with van der Waals surface area (Å²) in [4.78, 5) is 16.6. The van der Waals surface area contributed by atoms with E-state index < -0.39 is 0 Å². The Hall–Kier alpha value is -1.93. The van der Waals surface area contributed by atoms with Crippen molar-refractivity contribution < 1.29 is 9.18 Å². The predicted molar refractivity (Wildman–Crippen MR) is 89.6 cm³/mol. The van der Waals surface area contributed by atoms with E-state index in [9.17, 15) is 14.4 Å². The molecule has 0 radical (unpaired) electrons. The Morgan fingerprint density at radius 3 is 2.79 bits per heavy atom. The van der Waals surface area contributed by atoms with E-state index in [1.165, 1.54) is 12.1 Å². The first-order valence-corrected chi connectivity index (χ1v) is 8.86. The van der Waals surface area contributed by atoms with E-state index in [-0.39, 0.29) is 17.8 Å². The quantitative estimate of drug-likeness (QED) is 0.853. The van der Waals surface area contributed by atoms with E-state index in [0.29, 0.717) is 24.6 Å². The Balaban J connectivity index is 1.77. The molecule has 2 saturated heterocycles. The van der Waals surface area contributed by atoms with Gasteiger partial charge in [0.2, 0.25) is 5.91 Å². The number of hydrogen-bond donors (Lipinski definition) is 0. The van der Waals surface area contributed by atoms with Crippen LogP contribution in [-0.4, -0.2) is 40.9 Å². The van der Waals surface area contributed by atoms with Crippen LogP contribution in [0.5, 0.6) is 0 Å². The lowest BCUT2D eigenvalue weighted by Gasteiger charge is -2.35. The molecular formula is C19H24FN3O. The number of rotatable bonds is 4. The Labute approximate surface area is 142 Å². The van der Waals surface area contributed by atoms with Gasteiger partial charge in [-0.2, -0.15) is 5.26 Å². The van der Waals surface area contributed by atoms with Gasteiger partial charge in [0.15, 0.2) is 0 Å². The fourth-order valence-corrected chi connectivity index (χ4v) is 4.20. The first-order valence-electron chi connectivity index (χ1n) is 8.86. The minimum absolute atomic E-state index is 0.240. The molecule has 0 aliphatic carbocycles. The van der Waals surface area contributed by atoms with E-state index >= 15 is 0 Å². The van der Waals surface area contributed by atoms with E-state index in [0.717, 1.165) is 44.3 Å². The van der Waals surface area contributed by atoms with Crippen LogP contribution in [0.1, 0.15) is 50.2 Å². The minimum Gasteiger partial charge on any atom is -0.338 e. The number of halogens is 1. The summed E-state index contributed by atoms with van der Waals surface area (Å²) in [6.07, 6.45) is 4.88. The number of hydrogen-bond acceptors (Lipinski definition) is 3. The van der Waals surface area contributed by atoms with Crippen molar-refractivity contribution >= 4 is 5.91 Å². The SMILES string of the molecule is CCC(=O)N1CCC[C@H]1[C@H]1CCCN1Cc1ccc(F)cc1C#N. The molecule has 2 atom stereocenters. The molecule has 1 aromatic rings. The molecule has 24 heavy (non-hydrogen) atoms. The van der Waals surface area contributed by atoms with E-state index in [1.807, 2.05) is 6.92 Å². The Morgan fingerprint density at radius 1 is 1.29 bits per heavy atom. The van der Waals surface area contributed by atoms with Crippen molar-refractivity contribution in [2.45, 2.75) is 57.7 Å². The summed E-state index contributed by atoms with van der Waals surface area (Å²) < 4.78 is 13.3. The van der Waals surface area contributed by atoms with Gasteiger partial charge in [-0.1, -0.05) is 13.0 Å². The van der Waals surface area contributed by atoms with E-state index in [1.54, 1.807) is 6.07 Å². The topological polar surface area (TPSA) is 47.3 Å². The van der Waals surface area contributed by atoms with Crippen LogP contribution in [0.15, 0.2) is 18.2 Å². The molecule has 2 heterocycles. The Bertz CT molecular complexity index is 655. The molecule has 2 fully saturated rings. The maximum atomic E-state index is 13.3. The lowest BCUT2D eigenvalue weighted by Crippen LogP contribution is -2.47. The summed E-state index contributed by atoms with van der Waals surface area (Å²) in [5.74, 6) is -0.132. The lowest BCUT2D eigenvalue weighted by atomic mass is 10.0. The van der Waals surface area contributed by atoms with Gasteiger partial charge in [-0.3, -0.25) is 9.69 Å². The van der Waals surface area contributed by atoms with Crippen LogP contribution in [-0.2, 0) is 11.3 Å². The third-order valence-electron chi connectivity index (χ3n) is 5.35. The molecule has 0 N–H and O–H groups in total. The summed E-state index contributed by atoms with van der Waals surface area (Å²) >= 11 is 0. The molecule has 1 amide bonds. The second kappa shape index (κ2) is 7.31. The highest BCUT2D eigenvalue weighted by molar-refractivity contribution is 5.76. The van der Waals surface area contributed by atoms with Gasteiger partial charge in [0.05, 0.1) is 11.6 Å². The molecule has 0 aromatic heterocycles. The first kappa shape index (κ1) is 16.9. The van der Waals surface area contributed by atoms with Crippen LogP contribution in [0.2, 0.25) is 0 Å². The zero-order chi connectivity index (χ0) is 17.1. The highest BCUT2D eigenvalue weighted by atomic mass is 19.1. The Kier molecular flexibility index (Phi) is 5.15. The number of benzene rings is 1. The third-order valence-corrected chi connectivity index (χ3v) is 5.35. The van der Waals surface area contributed by atoms with Crippen LogP contribution >= 0.6 is 0 Å². The normalized spacial score (nSPS) is 24.3. The molecule has 1 aromatic carbocycles. The average molecular weight is 329 g/mol. The van der Waals surface area contributed by atoms with Crippen molar-refractivity contribution in [2.24, 2.45) is 0 Å². The number of nitriles is 1.